The molecule has 1 rings (SSSR count). The molecule has 0 aromatic rings. The van der Waals surface area contributed by atoms with E-state index in [1.54, 1.807) is 0 Å². The SMILES string of the molecule is CC(C)[C@@H]1CC[C@@H](C)C[C@H]1OCCC(C)(C)O. The molecule has 0 amide bonds. The molecule has 0 heterocycles. The van der Waals surface area contributed by atoms with Crippen LogP contribution in [0.5, 0.6) is 0 Å². The van der Waals surface area contributed by atoms with Crippen LogP contribution in [0.15, 0.2) is 0 Å². The maximum atomic E-state index is 9.69. The molecule has 0 spiro atoms. The average Bonchev–Trinajstić information content (AvgIpc) is 2.15. The molecule has 1 saturated carbocycles. The van der Waals surface area contributed by atoms with Gasteiger partial charge in [-0.1, -0.05) is 27.2 Å². The van der Waals surface area contributed by atoms with Crippen LogP contribution < -0.4 is 0 Å². The summed E-state index contributed by atoms with van der Waals surface area (Å²) in [5.74, 6) is 2.19. The molecular weight excluding hydrogens is 212 g/mol. The van der Waals surface area contributed by atoms with E-state index in [1.807, 2.05) is 13.8 Å². The standard InChI is InChI=1S/C15H30O2/c1-11(2)13-7-6-12(3)10-14(13)17-9-8-15(4,5)16/h11-14,16H,6-10H2,1-5H3/t12-,13+,14-/m1/s1. The molecule has 0 aliphatic heterocycles. The predicted molar refractivity (Wildman–Crippen MR) is 72.0 cm³/mol. The first-order valence-electron chi connectivity index (χ1n) is 7.13. The molecule has 1 aliphatic rings. The number of rotatable bonds is 5. The Labute approximate surface area is 107 Å². The van der Waals surface area contributed by atoms with Crippen molar-refractivity contribution in [2.24, 2.45) is 17.8 Å². The van der Waals surface area contributed by atoms with Gasteiger partial charge in [-0.25, -0.2) is 0 Å². The molecule has 1 fully saturated rings. The molecule has 0 aromatic carbocycles. The van der Waals surface area contributed by atoms with Crippen LogP contribution in [-0.2, 0) is 4.74 Å². The Bertz CT molecular complexity index is 217. The molecule has 0 unspecified atom stereocenters. The van der Waals surface area contributed by atoms with Crippen molar-refractivity contribution in [2.45, 2.75) is 72.0 Å². The van der Waals surface area contributed by atoms with Crippen molar-refractivity contribution in [1.82, 2.24) is 0 Å². The van der Waals surface area contributed by atoms with E-state index in [0.717, 1.165) is 12.3 Å². The Kier molecular flexibility index (Phi) is 5.46. The van der Waals surface area contributed by atoms with Crippen molar-refractivity contribution in [1.29, 1.82) is 0 Å². The molecule has 102 valence electrons. The van der Waals surface area contributed by atoms with E-state index in [2.05, 4.69) is 20.8 Å². The normalized spacial score (nSPS) is 30.9. The summed E-state index contributed by atoms with van der Waals surface area (Å²) in [7, 11) is 0. The second kappa shape index (κ2) is 6.19. The Balaban J connectivity index is 2.41. The first-order valence-corrected chi connectivity index (χ1v) is 7.13. The van der Waals surface area contributed by atoms with Crippen LogP contribution in [0.25, 0.3) is 0 Å². The largest absolute Gasteiger partial charge is 0.390 e. The second-order valence-electron chi connectivity index (χ2n) is 6.80. The van der Waals surface area contributed by atoms with Gasteiger partial charge in [-0.15, -0.1) is 0 Å². The first-order chi connectivity index (χ1) is 7.79. The number of aliphatic hydroxyl groups is 1. The summed E-state index contributed by atoms with van der Waals surface area (Å²) in [6.45, 7) is 11.3. The topological polar surface area (TPSA) is 29.5 Å². The maximum Gasteiger partial charge on any atom is 0.0613 e. The van der Waals surface area contributed by atoms with Crippen LogP contribution in [0.3, 0.4) is 0 Å². The number of hydrogen-bond donors (Lipinski definition) is 1. The van der Waals surface area contributed by atoms with E-state index in [4.69, 9.17) is 4.74 Å². The van der Waals surface area contributed by atoms with Gasteiger partial charge in [-0.3, -0.25) is 0 Å². The van der Waals surface area contributed by atoms with Gasteiger partial charge in [0.2, 0.25) is 0 Å². The smallest absolute Gasteiger partial charge is 0.0613 e. The van der Waals surface area contributed by atoms with Gasteiger partial charge in [0.1, 0.15) is 0 Å². The highest BCUT2D eigenvalue weighted by Crippen LogP contribution is 2.35. The van der Waals surface area contributed by atoms with E-state index in [1.165, 1.54) is 19.3 Å². The Hall–Kier alpha value is -0.0800. The fraction of sp³-hybridized carbons (Fsp3) is 1.00. The van der Waals surface area contributed by atoms with Crippen molar-refractivity contribution in [2.75, 3.05) is 6.61 Å². The molecule has 3 atom stereocenters. The van der Waals surface area contributed by atoms with Gasteiger partial charge in [0.15, 0.2) is 0 Å². The Morgan fingerprint density at radius 2 is 1.94 bits per heavy atom. The van der Waals surface area contributed by atoms with Crippen LogP contribution in [0.1, 0.15) is 60.3 Å². The van der Waals surface area contributed by atoms with Gasteiger partial charge >= 0.3 is 0 Å². The van der Waals surface area contributed by atoms with Crippen LogP contribution in [0.2, 0.25) is 0 Å². The summed E-state index contributed by atoms with van der Waals surface area (Å²) in [5, 5.41) is 9.69. The van der Waals surface area contributed by atoms with Gasteiger partial charge < -0.3 is 9.84 Å². The minimum Gasteiger partial charge on any atom is -0.390 e. The number of hydrogen-bond acceptors (Lipinski definition) is 2. The fourth-order valence-electron chi connectivity index (χ4n) is 2.77. The van der Waals surface area contributed by atoms with Crippen molar-refractivity contribution >= 4 is 0 Å². The minimum atomic E-state index is -0.604. The highest BCUT2D eigenvalue weighted by molar-refractivity contribution is 4.81. The van der Waals surface area contributed by atoms with Gasteiger partial charge in [-0.05, 0) is 50.9 Å². The summed E-state index contributed by atoms with van der Waals surface area (Å²) < 4.78 is 6.04. The van der Waals surface area contributed by atoms with E-state index < -0.39 is 5.60 Å². The third-order valence-corrected chi connectivity index (χ3v) is 4.01. The molecule has 2 heteroatoms. The van der Waals surface area contributed by atoms with E-state index in [0.29, 0.717) is 24.5 Å². The van der Waals surface area contributed by atoms with Crippen molar-refractivity contribution < 1.29 is 9.84 Å². The molecule has 2 nitrogen and oxygen atoms in total. The summed E-state index contributed by atoms with van der Waals surface area (Å²) in [6.07, 6.45) is 4.96. The lowest BCUT2D eigenvalue weighted by atomic mass is 9.75. The Morgan fingerprint density at radius 1 is 1.29 bits per heavy atom. The molecule has 17 heavy (non-hydrogen) atoms. The highest BCUT2D eigenvalue weighted by Gasteiger charge is 2.31. The number of ether oxygens (including phenoxy) is 1. The molecule has 1 N–H and O–H groups in total. The molecule has 0 bridgehead atoms. The molecule has 0 radical (unpaired) electrons. The van der Waals surface area contributed by atoms with Crippen LogP contribution >= 0.6 is 0 Å². The maximum absolute atomic E-state index is 9.69. The molecular formula is C15H30O2. The molecule has 1 aliphatic carbocycles. The quantitative estimate of drug-likeness (QED) is 0.798. The third kappa shape index (κ3) is 5.39. The monoisotopic (exact) mass is 242 g/mol. The lowest BCUT2D eigenvalue weighted by Crippen LogP contribution is -2.35. The van der Waals surface area contributed by atoms with Crippen molar-refractivity contribution in [3.05, 3.63) is 0 Å². The van der Waals surface area contributed by atoms with Crippen LogP contribution in [-0.4, -0.2) is 23.4 Å². The zero-order valence-electron chi connectivity index (χ0n) is 12.2. The summed E-state index contributed by atoms with van der Waals surface area (Å²) in [5.41, 5.74) is -0.604. The highest BCUT2D eigenvalue weighted by atomic mass is 16.5. The first kappa shape index (κ1) is 15.0. The van der Waals surface area contributed by atoms with E-state index in [9.17, 15) is 5.11 Å². The summed E-state index contributed by atoms with van der Waals surface area (Å²) >= 11 is 0. The van der Waals surface area contributed by atoms with Gasteiger partial charge in [0, 0.05) is 6.61 Å². The lowest BCUT2D eigenvalue weighted by molar-refractivity contribution is -0.0576. The third-order valence-electron chi connectivity index (χ3n) is 4.01. The van der Waals surface area contributed by atoms with Crippen molar-refractivity contribution in [3.8, 4) is 0 Å². The van der Waals surface area contributed by atoms with Gasteiger partial charge in [0.05, 0.1) is 11.7 Å². The van der Waals surface area contributed by atoms with Gasteiger partial charge in [0.25, 0.3) is 0 Å². The average molecular weight is 242 g/mol. The van der Waals surface area contributed by atoms with E-state index >= 15 is 0 Å². The predicted octanol–water partition coefficient (Wildman–Crippen LogP) is 3.62. The Morgan fingerprint density at radius 3 is 2.47 bits per heavy atom. The zero-order chi connectivity index (χ0) is 13.1. The molecule has 0 aromatic heterocycles. The van der Waals surface area contributed by atoms with Crippen LogP contribution in [0.4, 0.5) is 0 Å². The summed E-state index contributed by atoms with van der Waals surface area (Å²) in [4.78, 5) is 0. The molecule has 0 saturated heterocycles. The minimum absolute atomic E-state index is 0.404. The van der Waals surface area contributed by atoms with Gasteiger partial charge in [-0.2, -0.15) is 0 Å². The van der Waals surface area contributed by atoms with Crippen molar-refractivity contribution in [3.63, 3.8) is 0 Å². The zero-order valence-corrected chi connectivity index (χ0v) is 12.2. The fourth-order valence-corrected chi connectivity index (χ4v) is 2.77. The van der Waals surface area contributed by atoms with E-state index in [-0.39, 0.29) is 0 Å². The van der Waals surface area contributed by atoms with Crippen LogP contribution in [0, 0.1) is 17.8 Å². The second-order valence-corrected chi connectivity index (χ2v) is 6.80. The lowest BCUT2D eigenvalue weighted by Gasteiger charge is -2.37. The summed E-state index contributed by atoms with van der Waals surface area (Å²) in [6, 6.07) is 0.